The summed E-state index contributed by atoms with van der Waals surface area (Å²) in [7, 11) is 0. The number of hydrogen-bond donors (Lipinski definition) is 1. The van der Waals surface area contributed by atoms with Gasteiger partial charge < -0.3 is 10.6 Å². The Balaban J connectivity index is 2.43. The summed E-state index contributed by atoms with van der Waals surface area (Å²) in [6.07, 6.45) is 2.41. The van der Waals surface area contributed by atoms with E-state index in [2.05, 4.69) is 30.7 Å². The molecule has 0 aliphatic heterocycles. The van der Waals surface area contributed by atoms with E-state index in [0.717, 1.165) is 23.8 Å². The van der Waals surface area contributed by atoms with Crippen molar-refractivity contribution in [1.82, 2.24) is 9.97 Å². The third kappa shape index (κ3) is 2.35. The van der Waals surface area contributed by atoms with E-state index < -0.39 is 0 Å². The molecule has 0 radical (unpaired) electrons. The highest BCUT2D eigenvalue weighted by Gasteiger charge is 2.28. The maximum atomic E-state index is 6.00. The number of nitrogens with two attached hydrogens (primary N) is 1. The highest BCUT2D eigenvalue weighted by molar-refractivity contribution is 5.57. The van der Waals surface area contributed by atoms with Crippen molar-refractivity contribution in [3.05, 3.63) is 11.4 Å². The van der Waals surface area contributed by atoms with Crippen LogP contribution in [0.4, 0.5) is 11.6 Å². The van der Waals surface area contributed by atoms with Gasteiger partial charge in [0.05, 0.1) is 0 Å². The first-order chi connectivity index (χ1) is 8.04. The molecular weight excluding hydrogens is 212 g/mol. The molecule has 2 N–H and O–H groups in total. The van der Waals surface area contributed by atoms with Crippen LogP contribution >= 0.6 is 0 Å². The van der Waals surface area contributed by atoms with Crippen LogP contribution in [0.5, 0.6) is 0 Å². The molecule has 1 aromatic heterocycles. The fourth-order valence-corrected chi connectivity index (χ4v) is 2.10. The van der Waals surface area contributed by atoms with Gasteiger partial charge in [0.15, 0.2) is 0 Å². The average molecular weight is 234 g/mol. The van der Waals surface area contributed by atoms with Crippen molar-refractivity contribution >= 4 is 11.6 Å². The van der Waals surface area contributed by atoms with Gasteiger partial charge in [-0.3, -0.25) is 0 Å². The van der Waals surface area contributed by atoms with Gasteiger partial charge in [-0.1, -0.05) is 0 Å². The Morgan fingerprint density at radius 3 is 2.47 bits per heavy atom. The molecule has 17 heavy (non-hydrogen) atoms. The van der Waals surface area contributed by atoms with Crippen LogP contribution in [0.15, 0.2) is 0 Å². The van der Waals surface area contributed by atoms with Crippen LogP contribution in [0.1, 0.15) is 50.9 Å². The van der Waals surface area contributed by atoms with E-state index in [0.29, 0.717) is 17.8 Å². The van der Waals surface area contributed by atoms with Crippen molar-refractivity contribution in [3.63, 3.8) is 0 Å². The Kier molecular flexibility index (Phi) is 3.22. The van der Waals surface area contributed by atoms with Crippen LogP contribution in [0.2, 0.25) is 0 Å². The van der Waals surface area contributed by atoms with E-state index in [9.17, 15) is 0 Å². The average Bonchev–Trinajstić information content (AvgIpc) is 3.08. The molecule has 1 aliphatic carbocycles. The smallest absolute Gasteiger partial charge is 0.137 e. The predicted molar refractivity (Wildman–Crippen MR) is 71.3 cm³/mol. The maximum Gasteiger partial charge on any atom is 0.137 e. The third-order valence-electron chi connectivity index (χ3n) is 3.35. The number of nitrogens with zero attached hydrogens (tertiary/aromatic N) is 3. The van der Waals surface area contributed by atoms with Crippen LogP contribution in [0.25, 0.3) is 0 Å². The normalized spacial score (nSPS) is 15.4. The summed E-state index contributed by atoms with van der Waals surface area (Å²) >= 11 is 0. The maximum absolute atomic E-state index is 6.00. The lowest BCUT2D eigenvalue weighted by Crippen LogP contribution is -2.32. The summed E-state index contributed by atoms with van der Waals surface area (Å²) in [4.78, 5) is 11.4. The summed E-state index contributed by atoms with van der Waals surface area (Å²) in [5.74, 6) is 3.12. The molecule has 1 fully saturated rings. The predicted octanol–water partition coefficient (Wildman–Crippen LogP) is 2.48. The third-order valence-corrected chi connectivity index (χ3v) is 3.35. The van der Waals surface area contributed by atoms with Crippen molar-refractivity contribution in [2.45, 2.75) is 52.5 Å². The molecule has 0 saturated heterocycles. The summed E-state index contributed by atoms with van der Waals surface area (Å²) in [5, 5.41) is 0. The lowest BCUT2D eigenvalue weighted by molar-refractivity contribution is 0.685. The van der Waals surface area contributed by atoms with E-state index in [4.69, 9.17) is 10.7 Å². The molecule has 1 saturated carbocycles. The van der Waals surface area contributed by atoms with Crippen LogP contribution in [0, 0.1) is 6.92 Å². The van der Waals surface area contributed by atoms with E-state index in [1.54, 1.807) is 0 Å². The first kappa shape index (κ1) is 12.1. The van der Waals surface area contributed by atoms with Gasteiger partial charge in [0.25, 0.3) is 0 Å². The number of hydrogen-bond acceptors (Lipinski definition) is 4. The molecule has 0 bridgehead atoms. The molecule has 0 unspecified atom stereocenters. The lowest BCUT2D eigenvalue weighted by Gasteiger charge is -2.28. The highest BCUT2D eigenvalue weighted by Crippen LogP contribution is 2.39. The quantitative estimate of drug-likeness (QED) is 0.869. The highest BCUT2D eigenvalue weighted by atomic mass is 15.2. The fraction of sp³-hybridized carbons (Fsp3) is 0.692. The van der Waals surface area contributed by atoms with E-state index in [1.165, 1.54) is 12.8 Å². The van der Waals surface area contributed by atoms with Crippen LogP contribution in [-0.2, 0) is 0 Å². The zero-order valence-corrected chi connectivity index (χ0v) is 11.2. The van der Waals surface area contributed by atoms with Crippen LogP contribution in [0.3, 0.4) is 0 Å². The van der Waals surface area contributed by atoms with Gasteiger partial charge in [0.2, 0.25) is 0 Å². The molecular formula is C13H22N4. The van der Waals surface area contributed by atoms with Crippen molar-refractivity contribution < 1.29 is 0 Å². The first-order valence-electron chi connectivity index (χ1n) is 6.45. The number of aromatic nitrogens is 2. The second-order valence-corrected chi connectivity index (χ2v) is 5.07. The van der Waals surface area contributed by atoms with Crippen molar-refractivity contribution in [3.8, 4) is 0 Å². The minimum atomic E-state index is 0.431. The van der Waals surface area contributed by atoms with E-state index >= 15 is 0 Å². The van der Waals surface area contributed by atoms with Crippen molar-refractivity contribution in [2.24, 2.45) is 0 Å². The molecule has 0 spiro atoms. The monoisotopic (exact) mass is 234 g/mol. The van der Waals surface area contributed by atoms with Crippen LogP contribution < -0.4 is 10.6 Å². The molecule has 0 amide bonds. The van der Waals surface area contributed by atoms with Gasteiger partial charge in [-0.25, -0.2) is 9.97 Å². The molecule has 94 valence electrons. The first-order valence-corrected chi connectivity index (χ1v) is 6.45. The molecule has 1 heterocycles. The lowest BCUT2D eigenvalue weighted by atomic mass is 10.2. The molecule has 0 atom stereocenters. The second kappa shape index (κ2) is 4.51. The zero-order valence-electron chi connectivity index (χ0n) is 11.2. The Hall–Kier alpha value is -1.32. The second-order valence-electron chi connectivity index (χ2n) is 5.07. The summed E-state index contributed by atoms with van der Waals surface area (Å²) in [6, 6.07) is 0.431. The topological polar surface area (TPSA) is 55.0 Å². The van der Waals surface area contributed by atoms with Crippen molar-refractivity contribution in [2.75, 3.05) is 17.2 Å². The van der Waals surface area contributed by atoms with Crippen molar-refractivity contribution in [1.29, 1.82) is 0 Å². The number of nitrogen functional groups attached to an aromatic ring is 1. The van der Waals surface area contributed by atoms with Gasteiger partial charge in [-0.05, 0) is 40.5 Å². The fourth-order valence-electron chi connectivity index (χ4n) is 2.10. The Morgan fingerprint density at radius 2 is 2.00 bits per heavy atom. The van der Waals surface area contributed by atoms with Gasteiger partial charge in [0.1, 0.15) is 17.5 Å². The molecule has 2 rings (SSSR count). The summed E-state index contributed by atoms with van der Waals surface area (Å²) in [6.45, 7) is 9.45. The Morgan fingerprint density at radius 1 is 1.35 bits per heavy atom. The number of rotatable bonds is 4. The molecule has 4 nitrogen and oxygen atoms in total. The van der Waals surface area contributed by atoms with Gasteiger partial charge in [-0.15, -0.1) is 0 Å². The zero-order chi connectivity index (χ0) is 12.6. The SMILES string of the molecule is CCN(c1nc(C2CC2)nc(N)c1C)C(C)C. The minimum Gasteiger partial charge on any atom is -0.383 e. The Bertz CT molecular complexity index is 410. The molecule has 1 aliphatic rings. The summed E-state index contributed by atoms with van der Waals surface area (Å²) in [5.41, 5.74) is 7.01. The van der Waals surface area contributed by atoms with E-state index in [-0.39, 0.29) is 0 Å². The molecule has 1 aromatic rings. The van der Waals surface area contributed by atoms with Gasteiger partial charge >= 0.3 is 0 Å². The molecule has 4 heteroatoms. The van der Waals surface area contributed by atoms with E-state index in [1.807, 2.05) is 6.92 Å². The van der Waals surface area contributed by atoms with Gasteiger partial charge in [-0.2, -0.15) is 0 Å². The number of anilines is 2. The van der Waals surface area contributed by atoms with Gasteiger partial charge in [0, 0.05) is 24.1 Å². The Labute approximate surface area is 103 Å². The summed E-state index contributed by atoms with van der Waals surface area (Å²) < 4.78 is 0. The van der Waals surface area contributed by atoms with Crippen LogP contribution in [-0.4, -0.2) is 22.6 Å². The molecule has 0 aromatic carbocycles. The minimum absolute atomic E-state index is 0.431. The largest absolute Gasteiger partial charge is 0.383 e. The standard InChI is InChI=1S/C13H22N4/c1-5-17(8(2)3)13-9(4)11(14)15-12(16-13)10-6-7-10/h8,10H,5-7H2,1-4H3,(H2,14,15,16).